The predicted octanol–water partition coefficient (Wildman–Crippen LogP) is 0.960. The third kappa shape index (κ3) is 3.28. The molecule has 1 aliphatic rings. The lowest BCUT2D eigenvalue weighted by Crippen LogP contribution is -2.37. The summed E-state index contributed by atoms with van der Waals surface area (Å²) in [6.45, 7) is 1.64. The Balaban J connectivity index is 2.30. The molecule has 3 N–H and O–H groups in total. The van der Waals surface area contributed by atoms with Gasteiger partial charge in [0.05, 0.1) is 5.69 Å². The molecule has 0 radical (unpaired) electrons. The van der Waals surface area contributed by atoms with Gasteiger partial charge in [-0.05, 0) is 18.6 Å². The Morgan fingerprint density at radius 2 is 2.19 bits per heavy atom. The fraction of sp³-hybridized carbons (Fsp3) is 0.417. The number of nitrogens with zero attached hydrogens (tertiary/aromatic N) is 1. The first-order chi connectivity index (χ1) is 9.71. The predicted molar refractivity (Wildman–Crippen MR) is 76.8 cm³/mol. The van der Waals surface area contributed by atoms with E-state index in [1.165, 1.54) is 6.92 Å². The molecule has 1 heterocycles. The van der Waals surface area contributed by atoms with Crippen molar-refractivity contribution in [3.05, 3.63) is 23.0 Å². The number of benzene rings is 1. The molecule has 1 unspecified atom stereocenters. The Kier molecular flexibility index (Phi) is 4.40. The smallest absolute Gasteiger partial charge is 0.246 e. The first kappa shape index (κ1) is 16.0. The number of hydrogen-bond donors (Lipinski definition) is 2. The van der Waals surface area contributed by atoms with E-state index in [2.05, 4.69) is 5.32 Å². The van der Waals surface area contributed by atoms with Crippen LogP contribution in [0.25, 0.3) is 0 Å². The maximum atomic E-state index is 14.0. The van der Waals surface area contributed by atoms with Gasteiger partial charge in [0.2, 0.25) is 15.9 Å². The lowest BCUT2D eigenvalue weighted by molar-refractivity contribution is -0.119. The van der Waals surface area contributed by atoms with E-state index < -0.39 is 20.7 Å². The van der Waals surface area contributed by atoms with E-state index in [1.54, 1.807) is 0 Å². The van der Waals surface area contributed by atoms with Crippen molar-refractivity contribution < 1.29 is 17.6 Å². The minimum Gasteiger partial charge on any atom is -0.396 e. The molecule has 9 heteroatoms. The van der Waals surface area contributed by atoms with E-state index in [4.69, 9.17) is 17.3 Å². The van der Waals surface area contributed by atoms with Crippen LogP contribution in [0.2, 0.25) is 5.02 Å². The van der Waals surface area contributed by atoms with Crippen LogP contribution in [0.5, 0.6) is 0 Å². The van der Waals surface area contributed by atoms with Gasteiger partial charge in [-0.3, -0.25) is 4.79 Å². The molecule has 1 atom stereocenters. The van der Waals surface area contributed by atoms with Crippen molar-refractivity contribution in [2.24, 2.45) is 0 Å². The number of rotatable bonds is 3. The van der Waals surface area contributed by atoms with Crippen LogP contribution < -0.4 is 11.1 Å². The maximum absolute atomic E-state index is 14.0. The number of anilines is 1. The van der Waals surface area contributed by atoms with Gasteiger partial charge < -0.3 is 11.1 Å². The molecule has 2 rings (SSSR count). The van der Waals surface area contributed by atoms with E-state index >= 15 is 0 Å². The number of hydrogen-bond acceptors (Lipinski definition) is 4. The minimum absolute atomic E-state index is 0.0464. The summed E-state index contributed by atoms with van der Waals surface area (Å²) in [7, 11) is -4.04. The average molecular weight is 336 g/mol. The molecule has 1 fully saturated rings. The molecule has 1 aliphatic heterocycles. The van der Waals surface area contributed by atoms with Gasteiger partial charge in [-0.15, -0.1) is 0 Å². The molecular formula is C12H15ClFN3O3S. The molecule has 0 aliphatic carbocycles. The Labute approximate surface area is 127 Å². The number of amides is 1. The van der Waals surface area contributed by atoms with Crippen molar-refractivity contribution in [2.45, 2.75) is 24.3 Å². The molecular weight excluding hydrogens is 321 g/mol. The summed E-state index contributed by atoms with van der Waals surface area (Å²) in [6.07, 6.45) is 0.469. The monoisotopic (exact) mass is 335 g/mol. The molecule has 116 valence electrons. The number of sulfonamides is 1. The van der Waals surface area contributed by atoms with E-state index in [1.807, 2.05) is 0 Å². The normalized spacial score (nSPS) is 19.7. The molecule has 0 bridgehead atoms. The quantitative estimate of drug-likeness (QED) is 0.805. The Morgan fingerprint density at radius 3 is 2.81 bits per heavy atom. The molecule has 0 spiro atoms. The molecule has 1 aromatic carbocycles. The fourth-order valence-corrected chi connectivity index (χ4v) is 4.17. The Hall–Kier alpha value is -1.38. The van der Waals surface area contributed by atoms with Gasteiger partial charge in [0, 0.05) is 31.1 Å². The van der Waals surface area contributed by atoms with Crippen LogP contribution in [0.15, 0.2) is 17.0 Å². The highest BCUT2D eigenvalue weighted by Crippen LogP contribution is 2.29. The summed E-state index contributed by atoms with van der Waals surface area (Å²) in [4.78, 5) is 10.5. The SMILES string of the molecule is CC(=O)NC1CCN(S(=O)(=O)c2cc(Cl)cc(N)c2F)C1. The molecule has 21 heavy (non-hydrogen) atoms. The molecule has 1 aromatic rings. The summed E-state index contributed by atoms with van der Waals surface area (Å²) in [6, 6.07) is 1.91. The second-order valence-electron chi connectivity index (χ2n) is 4.86. The first-order valence-electron chi connectivity index (χ1n) is 6.23. The van der Waals surface area contributed by atoms with E-state index in [0.29, 0.717) is 6.42 Å². The Morgan fingerprint density at radius 1 is 1.52 bits per heavy atom. The van der Waals surface area contributed by atoms with Gasteiger partial charge in [0.1, 0.15) is 4.90 Å². The van der Waals surface area contributed by atoms with Crippen LogP contribution in [0.1, 0.15) is 13.3 Å². The number of carbonyl (C=O) groups is 1. The second kappa shape index (κ2) is 5.78. The summed E-state index contributed by atoms with van der Waals surface area (Å²) in [5, 5.41) is 2.69. The second-order valence-corrected chi connectivity index (χ2v) is 7.20. The molecule has 6 nitrogen and oxygen atoms in total. The third-order valence-corrected chi connectivity index (χ3v) is 5.29. The van der Waals surface area contributed by atoms with E-state index in [9.17, 15) is 17.6 Å². The van der Waals surface area contributed by atoms with E-state index in [0.717, 1.165) is 16.4 Å². The number of carbonyl (C=O) groups excluding carboxylic acids is 1. The van der Waals surface area contributed by atoms with Crippen molar-refractivity contribution in [1.82, 2.24) is 9.62 Å². The molecule has 1 amide bonds. The van der Waals surface area contributed by atoms with Gasteiger partial charge in [0.25, 0.3) is 0 Å². The zero-order chi connectivity index (χ0) is 15.8. The number of halogens is 2. The van der Waals surface area contributed by atoms with Crippen molar-refractivity contribution in [3.63, 3.8) is 0 Å². The van der Waals surface area contributed by atoms with Gasteiger partial charge in [-0.25, -0.2) is 12.8 Å². The fourth-order valence-electron chi connectivity index (χ4n) is 2.26. The highest BCUT2D eigenvalue weighted by Gasteiger charge is 2.35. The van der Waals surface area contributed by atoms with Crippen molar-refractivity contribution >= 4 is 33.2 Å². The highest BCUT2D eigenvalue weighted by molar-refractivity contribution is 7.89. The van der Waals surface area contributed by atoms with Gasteiger partial charge >= 0.3 is 0 Å². The topological polar surface area (TPSA) is 92.5 Å². The van der Waals surface area contributed by atoms with Crippen LogP contribution >= 0.6 is 11.6 Å². The Bertz CT molecular complexity index is 681. The number of nitrogen functional groups attached to an aromatic ring is 1. The lowest BCUT2D eigenvalue weighted by Gasteiger charge is -2.18. The van der Waals surface area contributed by atoms with Crippen LogP contribution in [-0.4, -0.2) is 37.8 Å². The number of nitrogens with one attached hydrogen (secondary N) is 1. The minimum atomic E-state index is -4.04. The summed E-state index contributed by atoms with van der Waals surface area (Å²) >= 11 is 5.75. The van der Waals surface area contributed by atoms with Gasteiger partial charge in [-0.1, -0.05) is 11.6 Å². The molecule has 0 saturated carbocycles. The third-order valence-electron chi connectivity index (χ3n) is 3.21. The van der Waals surface area contributed by atoms with Crippen LogP contribution in [0.4, 0.5) is 10.1 Å². The van der Waals surface area contributed by atoms with Crippen molar-refractivity contribution in [3.8, 4) is 0 Å². The van der Waals surface area contributed by atoms with Crippen molar-refractivity contribution in [1.29, 1.82) is 0 Å². The lowest BCUT2D eigenvalue weighted by atomic mass is 10.3. The zero-order valence-corrected chi connectivity index (χ0v) is 12.8. The summed E-state index contributed by atoms with van der Waals surface area (Å²) in [5.74, 6) is -1.25. The van der Waals surface area contributed by atoms with Gasteiger partial charge in [0.15, 0.2) is 5.82 Å². The first-order valence-corrected chi connectivity index (χ1v) is 8.05. The average Bonchev–Trinajstić information content (AvgIpc) is 2.81. The van der Waals surface area contributed by atoms with Crippen LogP contribution in [-0.2, 0) is 14.8 Å². The van der Waals surface area contributed by atoms with E-state index in [-0.39, 0.29) is 35.7 Å². The summed E-state index contributed by atoms with van der Waals surface area (Å²) < 4.78 is 40.0. The van der Waals surface area contributed by atoms with Crippen LogP contribution in [0.3, 0.4) is 0 Å². The maximum Gasteiger partial charge on any atom is 0.246 e. The standard InChI is InChI=1S/C12H15ClFN3O3S/c1-7(18)16-9-2-3-17(6-9)21(19,20)11-5-8(13)4-10(15)12(11)14/h4-5,9H,2-3,6,15H2,1H3,(H,16,18). The number of nitrogens with two attached hydrogens (primary N) is 1. The van der Waals surface area contributed by atoms with Gasteiger partial charge in [-0.2, -0.15) is 4.31 Å². The molecule has 0 aromatic heterocycles. The van der Waals surface area contributed by atoms with Crippen molar-refractivity contribution in [2.75, 3.05) is 18.8 Å². The highest BCUT2D eigenvalue weighted by atomic mass is 35.5. The van der Waals surface area contributed by atoms with Crippen LogP contribution in [0, 0.1) is 5.82 Å². The summed E-state index contributed by atoms with van der Waals surface area (Å²) in [5.41, 5.74) is 5.09. The molecule has 1 saturated heterocycles. The zero-order valence-electron chi connectivity index (χ0n) is 11.3. The largest absolute Gasteiger partial charge is 0.396 e.